The number of hydrogen-bond acceptors (Lipinski definition) is 5. The molecule has 1 aliphatic heterocycles. The van der Waals surface area contributed by atoms with E-state index in [1.165, 1.54) is 0 Å². The third-order valence-electron chi connectivity index (χ3n) is 4.07. The lowest BCUT2D eigenvalue weighted by atomic mass is 9.97. The van der Waals surface area contributed by atoms with Crippen LogP contribution >= 0.6 is 11.6 Å². The van der Waals surface area contributed by atoms with E-state index in [0.717, 1.165) is 48.7 Å². The normalized spacial score (nSPS) is 16.3. The molecule has 1 fully saturated rings. The van der Waals surface area contributed by atoms with Crippen LogP contribution in [-0.4, -0.2) is 28.0 Å². The fourth-order valence-corrected chi connectivity index (χ4v) is 3.05. The highest BCUT2D eigenvalue weighted by Gasteiger charge is 2.25. The molecular formula is C16H15ClN4O. The minimum Gasteiger partial charge on any atom is -0.440 e. The molecule has 0 spiro atoms. The molecule has 0 N–H and O–H groups in total. The van der Waals surface area contributed by atoms with Crippen LogP contribution in [0.25, 0.3) is 11.1 Å². The maximum Gasteiger partial charge on any atom is 0.198 e. The van der Waals surface area contributed by atoms with Crippen molar-refractivity contribution in [3.05, 3.63) is 47.7 Å². The van der Waals surface area contributed by atoms with Gasteiger partial charge in [-0.05, 0) is 25.0 Å². The van der Waals surface area contributed by atoms with Gasteiger partial charge in [0.1, 0.15) is 16.5 Å². The molecule has 5 nitrogen and oxygen atoms in total. The standard InChI is InChI=1S/C16H15ClN4O/c17-14-9-18-10-15(20-14)21-7-5-11(6-8-21)16-19-12-3-1-2-4-13(12)22-16/h1-4,9-11H,5-8H2. The number of benzene rings is 1. The average Bonchev–Trinajstić information content (AvgIpc) is 2.99. The van der Waals surface area contributed by atoms with Gasteiger partial charge in [-0.15, -0.1) is 0 Å². The summed E-state index contributed by atoms with van der Waals surface area (Å²) < 4.78 is 5.89. The minimum absolute atomic E-state index is 0.357. The maximum atomic E-state index is 5.91. The van der Waals surface area contributed by atoms with E-state index < -0.39 is 0 Å². The number of rotatable bonds is 2. The largest absolute Gasteiger partial charge is 0.440 e. The van der Waals surface area contributed by atoms with Crippen molar-refractivity contribution >= 4 is 28.5 Å². The summed E-state index contributed by atoms with van der Waals surface area (Å²) in [6.45, 7) is 1.80. The quantitative estimate of drug-likeness (QED) is 0.722. The van der Waals surface area contributed by atoms with Crippen molar-refractivity contribution in [3.63, 3.8) is 0 Å². The summed E-state index contributed by atoms with van der Waals surface area (Å²) in [5.74, 6) is 2.04. The molecular weight excluding hydrogens is 300 g/mol. The smallest absolute Gasteiger partial charge is 0.198 e. The summed E-state index contributed by atoms with van der Waals surface area (Å²) in [6, 6.07) is 7.90. The molecule has 0 amide bonds. The van der Waals surface area contributed by atoms with Gasteiger partial charge in [-0.1, -0.05) is 23.7 Å². The van der Waals surface area contributed by atoms with Crippen molar-refractivity contribution in [2.24, 2.45) is 0 Å². The van der Waals surface area contributed by atoms with Crippen LogP contribution in [0.5, 0.6) is 0 Å². The Morgan fingerprint density at radius 2 is 1.91 bits per heavy atom. The number of hydrogen-bond donors (Lipinski definition) is 0. The number of aromatic nitrogens is 3. The van der Waals surface area contributed by atoms with Gasteiger partial charge in [-0.25, -0.2) is 9.97 Å². The number of halogens is 1. The molecule has 4 rings (SSSR count). The van der Waals surface area contributed by atoms with Gasteiger partial charge < -0.3 is 9.32 Å². The molecule has 3 aromatic rings. The van der Waals surface area contributed by atoms with Gasteiger partial charge in [-0.2, -0.15) is 0 Å². The zero-order chi connectivity index (χ0) is 14.9. The first kappa shape index (κ1) is 13.5. The third kappa shape index (κ3) is 2.52. The Balaban J connectivity index is 1.49. The van der Waals surface area contributed by atoms with Gasteiger partial charge in [0.2, 0.25) is 0 Å². The van der Waals surface area contributed by atoms with Crippen LogP contribution in [0, 0.1) is 0 Å². The van der Waals surface area contributed by atoms with Gasteiger partial charge in [0, 0.05) is 19.0 Å². The molecule has 112 valence electrons. The number of anilines is 1. The number of para-hydroxylation sites is 2. The van der Waals surface area contributed by atoms with E-state index in [1.54, 1.807) is 12.4 Å². The molecule has 0 bridgehead atoms. The average molecular weight is 315 g/mol. The van der Waals surface area contributed by atoms with Crippen molar-refractivity contribution in [2.75, 3.05) is 18.0 Å². The first-order chi connectivity index (χ1) is 10.8. The zero-order valence-electron chi connectivity index (χ0n) is 11.9. The summed E-state index contributed by atoms with van der Waals surface area (Å²) in [5, 5.41) is 0.429. The Kier molecular flexibility index (Phi) is 3.42. The van der Waals surface area contributed by atoms with Gasteiger partial charge in [0.15, 0.2) is 11.5 Å². The van der Waals surface area contributed by atoms with E-state index in [-0.39, 0.29) is 0 Å². The van der Waals surface area contributed by atoms with Crippen LogP contribution in [0.15, 0.2) is 41.1 Å². The number of oxazole rings is 1. The SMILES string of the molecule is Clc1cncc(N2CCC(c3nc4ccccc4o3)CC2)n1. The van der Waals surface area contributed by atoms with Crippen molar-refractivity contribution in [1.82, 2.24) is 15.0 Å². The molecule has 22 heavy (non-hydrogen) atoms. The molecule has 0 unspecified atom stereocenters. The van der Waals surface area contributed by atoms with Crippen LogP contribution in [-0.2, 0) is 0 Å². The van der Waals surface area contributed by atoms with E-state index in [4.69, 9.17) is 16.0 Å². The number of fused-ring (bicyclic) bond motifs is 1. The lowest BCUT2D eigenvalue weighted by molar-refractivity contribution is 0.406. The molecule has 6 heteroatoms. The number of nitrogens with zero attached hydrogens (tertiary/aromatic N) is 4. The lowest BCUT2D eigenvalue weighted by Gasteiger charge is -2.31. The first-order valence-corrected chi connectivity index (χ1v) is 7.75. The third-order valence-corrected chi connectivity index (χ3v) is 4.25. The summed E-state index contributed by atoms with van der Waals surface area (Å²) in [6.07, 6.45) is 5.28. The van der Waals surface area contributed by atoms with Crippen LogP contribution in [0.1, 0.15) is 24.7 Å². The monoisotopic (exact) mass is 314 g/mol. The molecule has 0 saturated carbocycles. The van der Waals surface area contributed by atoms with Crippen LogP contribution in [0.2, 0.25) is 5.15 Å². The van der Waals surface area contributed by atoms with Crippen LogP contribution in [0.4, 0.5) is 5.82 Å². The Morgan fingerprint density at radius 1 is 1.09 bits per heavy atom. The Morgan fingerprint density at radius 3 is 2.68 bits per heavy atom. The lowest BCUT2D eigenvalue weighted by Crippen LogP contribution is -2.33. The topological polar surface area (TPSA) is 55.1 Å². The molecule has 1 aliphatic rings. The van der Waals surface area contributed by atoms with Gasteiger partial charge >= 0.3 is 0 Å². The van der Waals surface area contributed by atoms with E-state index in [9.17, 15) is 0 Å². The van der Waals surface area contributed by atoms with Crippen LogP contribution in [0.3, 0.4) is 0 Å². The molecule has 1 aromatic carbocycles. The molecule has 0 radical (unpaired) electrons. The second-order valence-electron chi connectivity index (χ2n) is 5.48. The van der Waals surface area contributed by atoms with E-state index >= 15 is 0 Å². The highest BCUT2D eigenvalue weighted by Crippen LogP contribution is 2.31. The predicted molar refractivity (Wildman–Crippen MR) is 85.2 cm³/mol. The van der Waals surface area contributed by atoms with Crippen molar-refractivity contribution in [1.29, 1.82) is 0 Å². The second kappa shape index (κ2) is 5.57. The zero-order valence-corrected chi connectivity index (χ0v) is 12.7. The summed E-state index contributed by atoms with van der Waals surface area (Å²) >= 11 is 5.91. The van der Waals surface area contributed by atoms with Crippen molar-refractivity contribution in [2.45, 2.75) is 18.8 Å². The van der Waals surface area contributed by atoms with Crippen LogP contribution < -0.4 is 4.90 Å². The molecule has 0 atom stereocenters. The molecule has 2 aromatic heterocycles. The van der Waals surface area contributed by atoms with Crippen molar-refractivity contribution in [3.8, 4) is 0 Å². The molecule has 0 aliphatic carbocycles. The highest BCUT2D eigenvalue weighted by atomic mass is 35.5. The molecule has 3 heterocycles. The summed E-state index contributed by atoms with van der Waals surface area (Å²) in [7, 11) is 0. The predicted octanol–water partition coefficient (Wildman–Crippen LogP) is 3.66. The maximum absolute atomic E-state index is 5.91. The second-order valence-corrected chi connectivity index (χ2v) is 5.87. The summed E-state index contributed by atoms with van der Waals surface area (Å²) in [5.41, 5.74) is 1.79. The van der Waals surface area contributed by atoms with Gasteiger partial charge in [-0.3, -0.25) is 4.98 Å². The Bertz CT molecular complexity index is 762. The van der Waals surface area contributed by atoms with Crippen molar-refractivity contribution < 1.29 is 4.42 Å². The fourth-order valence-electron chi connectivity index (χ4n) is 2.91. The minimum atomic E-state index is 0.357. The molecule has 1 saturated heterocycles. The Labute approximate surface area is 133 Å². The van der Waals surface area contributed by atoms with E-state index in [0.29, 0.717) is 11.1 Å². The Hall–Kier alpha value is -2.14. The fraction of sp³-hybridized carbons (Fsp3) is 0.312. The van der Waals surface area contributed by atoms with E-state index in [1.807, 2.05) is 24.3 Å². The summed E-state index contributed by atoms with van der Waals surface area (Å²) in [4.78, 5) is 15.2. The van der Waals surface area contributed by atoms with Gasteiger partial charge in [0.25, 0.3) is 0 Å². The van der Waals surface area contributed by atoms with E-state index in [2.05, 4.69) is 19.9 Å². The highest BCUT2D eigenvalue weighted by molar-refractivity contribution is 6.29. The number of piperidine rings is 1. The van der Waals surface area contributed by atoms with Gasteiger partial charge in [0.05, 0.1) is 12.4 Å². The first-order valence-electron chi connectivity index (χ1n) is 7.37.